The van der Waals surface area contributed by atoms with Gasteiger partial charge in [0.1, 0.15) is 11.5 Å². The van der Waals surface area contributed by atoms with Crippen molar-refractivity contribution in [1.82, 2.24) is 0 Å². The number of carbonyl (C=O) groups excluding carboxylic acids is 1. The van der Waals surface area contributed by atoms with Gasteiger partial charge in [0.15, 0.2) is 0 Å². The summed E-state index contributed by atoms with van der Waals surface area (Å²) in [5, 5.41) is 14.3. The Morgan fingerprint density at radius 1 is 1.00 bits per heavy atom. The predicted octanol–water partition coefficient (Wildman–Crippen LogP) is 5.02. The van der Waals surface area contributed by atoms with Crippen molar-refractivity contribution in [2.75, 3.05) is 19.5 Å². The molecule has 0 unspecified atom stereocenters. The van der Waals surface area contributed by atoms with Crippen molar-refractivity contribution in [3.8, 4) is 11.5 Å². The molecule has 0 saturated heterocycles. The van der Waals surface area contributed by atoms with E-state index in [-0.39, 0.29) is 11.3 Å². The third-order valence-electron chi connectivity index (χ3n) is 4.04. The molecule has 3 rings (SSSR count). The molecule has 29 heavy (non-hydrogen) atoms. The van der Waals surface area contributed by atoms with Crippen LogP contribution in [0.25, 0.3) is 0 Å². The molecule has 3 aromatic rings. The van der Waals surface area contributed by atoms with Crippen LogP contribution in [0.1, 0.15) is 10.4 Å². The highest BCUT2D eigenvalue weighted by Gasteiger charge is 2.19. The van der Waals surface area contributed by atoms with Crippen molar-refractivity contribution < 1.29 is 19.2 Å². The molecule has 0 aromatic heterocycles. The number of benzene rings is 3. The number of nitrogens with zero attached hydrogens (tertiary/aromatic N) is 1. The maximum absolute atomic E-state index is 12.7. The van der Waals surface area contributed by atoms with Crippen molar-refractivity contribution in [3.05, 3.63) is 82.4 Å². The first-order chi connectivity index (χ1) is 14.0. The van der Waals surface area contributed by atoms with Crippen LogP contribution < -0.4 is 14.8 Å². The van der Waals surface area contributed by atoms with E-state index >= 15 is 0 Å². The monoisotopic (exact) mass is 410 g/mol. The van der Waals surface area contributed by atoms with Crippen LogP contribution in [-0.2, 0) is 0 Å². The molecule has 1 amide bonds. The van der Waals surface area contributed by atoms with Crippen LogP contribution in [0.2, 0.25) is 0 Å². The molecule has 0 aliphatic carbocycles. The van der Waals surface area contributed by atoms with Crippen LogP contribution in [0.15, 0.2) is 76.5 Å². The van der Waals surface area contributed by atoms with Crippen LogP contribution in [-0.4, -0.2) is 25.1 Å². The second kappa shape index (κ2) is 9.11. The number of nitrogens with one attached hydrogen (secondary N) is 1. The molecule has 0 radical (unpaired) electrons. The van der Waals surface area contributed by atoms with E-state index in [0.29, 0.717) is 22.1 Å². The van der Waals surface area contributed by atoms with Crippen LogP contribution in [0, 0.1) is 10.1 Å². The predicted molar refractivity (Wildman–Crippen MR) is 111 cm³/mol. The fraction of sp³-hybridized carbons (Fsp3) is 0.0952. The molecule has 0 atom stereocenters. The highest BCUT2D eigenvalue weighted by molar-refractivity contribution is 7.99. The van der Waals surface area contributed by atoms with Gasteiger partial charge in [-0.2, -0.15) is 0 Å². The molecule has 0 saturated carbocycles. The first-order valence-electron chi connectivity index (χ1n) is 8.56. The number of nitro groups is 1. The Labute approximate surface area is 171 Å². The summed E-state index contributed by atoms with van der Waals surface area (Å²) in [6, 6.07) is 18.7. The Hall–Kier alpha value is -3.52. The summed E-state index contributed by atoms with van der Waals surface area (Å²) in [6.07, 6.45) is 0. The van der Waals surface area contributed by atoms with E-state index in [1.807, 2.05) is 30.3 Å². The SMILES string of the molecule is COc1ccc(OC)c(NC(=O)c2ccc(Sc3ccccc3)c([N+](=O)[O-])c2)c1. The molecular weight excluding hydrogens is 392 g/mol. The number of anilines is 1. The summed E-state index contributed by atoms with van der Waals surface area (Å²) in [5.74, 6) is 0.502. The van der Waals surface area contributed by atoms with Gasteiger partial charge in [0, 0.05) is 22.6 Å². The molecular formula is C21H18N2O5S. The molecule has 8 heteroatoms. The molecule has 148 valence electrons. The number of nitro benzene ring substituents is 1. The summed E-state index contributed by atoms with van der Waals surface area (Å²) in [6.45, 7) is 0. The smallest absolute Gasteiger partial charge is 0.284 e. The third-order valence-corrected chi connectivity index (χ3v) is 5.12. The highest BCUT2D eigenvalue weighted by atomic mass is 32.2. The normalized spacial score (nSPS) is 10.3. The van der Waals surface area contributed by atoms with E-state index in [9.17, 15) is 14.9 Å². The van der Waals surface area contributed by atoms with Gasteiger partial charge >= 0.3 is 0 Å². The molecule has 0 aliphatic rings. The minimum Gasteiger partial charge on any atom is -0.497 e. The van der Waals surface area contributed by atoms with Crippen LogP contribution in [0.5, 0.6) is 11.5 Å². The Kier molecular flexibility index (Phi) is 6.36. The first kappa shape index (κ1) is 20.2. The Morgan fingerprint density at radius 3 is 2.41 bits per heavy atom. The number of amides is 1. The third kappa shape index (κ3) is 4.85. The summed E-state index contributed by atoms with van der Waals surface area (Å²) < 4.78 is 10.4. The molecule has 7 nitrogen and oxygen atoms in total. The summed E-state index contributed by atoms with van der Waals surface area (Å²) in [5.41, 5.74) is 0.435. The Balaban J connectivity index is 1.88. The molecule has 0 heterocycles. The number of methoxy groups -OCH3 is 2. The van der Waals surface area contributed by atoms with Gasteiger partial charge in [0.25, 0.3) is 11.6 Å². The second-order valence-electron chi connectivity index (χ2n) is 5.88. The van der Waals surface area contributed by atoms with Gasteiger partial charge < -0.3 is 14.8 Å². The van der Waals surface area contributed by atoms with Crippen molar-refractivity contribution in [2.45, 2.75) is 9.79 Å². The fourth-order valence-corrected chi connectivity index (χ4v) is 3.53. The maximum atomic E-state index is 12.7. The zero-order chi connectivity index (χ0) is 20.8. The lowest BCUT2D eigenvalue weighted by atomic mass is 10.1. The molecule has 0 aliphatic heterocycles. The van der Waals surface area contributed by atoms with Crippen molar-refractivity contribution in [2.24, 2.45) is 0 Å². The lowest BCUT2D eigenvalue weighted by Gasteiger charge is -2.12. The van der Waals surface area contributed by atoms with E-state index in [4.69, 9.17) is 9.47 Å². The number of hydrogen-bond acceptors (Lipinski definition) is 6. The number of ether oxygens (including phenoxy) is 2. The van der Waals surface area contributed by atoms with Crippen molar-refractivity contribution in [3.63, 3.8) is 0 Å². The van der Waals surface area contributed by atoms with Gasteiger partial charge in [-0.25, -0.2) is 0 Å². The van der Waals surface area contributed by atoms with E-state index < -0.39 is 10.8 Å². The standard InChI is InChI=1S/C21H18N2O5S/c1-27-15-9-10-19(28-2)17(13-15)22-21(24)14-8-11-20(18(12-14)23(25)26)29-16-6-4-3-5-7-16/h3-13H,1-2H3,(H,22,24). The minimum atomic E-state index is -0.492. The van der Waals surface area contributed by atoms with E-state index in [0.717, 1.165) is 4.90 Å². The summed E-state index contributed by atoms with van der Waals surface area (Å²) >= 11 is 1.27. The fourth-order valence-electron chi connectivity index (χ4n) is 2.61. The molecule has 0 fully saturated rings. The molecule has 0 bridgehead atoms. The van der Waals surface area contributed by atoms with Gasteiger partial charge in [-0.15, -0.1) is 0 Å². The maximum Gasteiger partial charge on any atom is 0.284 e. The lowest BCUT2D eigenvalue weighted by Crippen LogP contribution is -2.13. The highest BCUT2D eigenvalue weighted by Crippen LogP contribution is 2.36. The molecule has 1 N–H and O–H groups in total. The van der Waals surface area contributed by atoms with E-state index in [1.54, 1.807) is 30.3 Å². The van der Waals surface area contributed by atoms with Gasteiger partial charge in [-0.3, -0.25) is 14.9 Å². The molecule has 0 spiro atoms. The van der Waals surface area contributed by atoms with Gasteiger partial charge in [0.05, 0.1) is 29.7 Å². The minimum absolute atomic E-state index is 0.135. The van der Waals surface area contributed by atoms with Gasteiger partial charge in [-0.05, 0) is 36.4 Å². The van der Waals surface area contributed by atoms with Crippen LogP contribution in [0.3, 0.4) is 0 Å². The summed E-state index contributed by atoms with van der Waals surface area (Å²) in [7, 11) is 3.00. The lowest BCUT2D eigenvalue weighted by molar-refractivity contribution is -0.387. The second-order valence-corrected chi connectivity index (χ2v) is 6.99. The topological polar surface area (TPSA) is 90.7 Å². The van der Waals surface area contributed by atoms with Crippen molar-refractivity contribution >= 4 is 29.0 Å². The number of carbonyl (C=O) groups is 1. The zero-order valence-corrected chi connectivity index (χ0v) is 16.6. The summed E-state index contributed by atoms with van der Waals surface area (Å²) in [4.78, 5) is 25.1. The first-order valence-corrected chi connectivity index (χ1v) is 9.38. The average molecular weight is 410 g/mol. The van der Waals surface area contributed by atoms with E-state index in [2.05, 4.69) is 5.32 Å². The average Bonchev–Trinajstić information content (AvgIpc) is 2.74. The largest absolute Gasteiger partial charge is 0.497 e. The quantitative estimate of drug-likeness (QED) is 0.435. The number of hydrogen-bond donors (Lipinski definition) is 1. The molecule has 3 aromatic carbocycles. The van der Waals surface area contributed by atoms with E-state index in [1.165, 1.54) is 32.0 Å². The Morgan fingerprint density at radius 2 is 1.76 bits per heavy atom. The Bertz CT molecular complexity index is 1040. The van der Waals surface area contributed by atoms with Crippen molar-refractivity contribution in [1.29, 1.82) is 0 Å². The van der Waals surface area contributed by atoms with Crippen LogP contribution in [0.4, 0.5) is 11.4 Å². The van der Waals surface area contributed by atoms with Gasteiger partial charge in [-0.1, -0.05) is 30.0 Å². The zero-order valence-electron chi connectivity index (χ0n) is 15.7. The van der Waals surface area contributed by atoms with Gasteiger partial charge in [0.2, 0.25) is 0 Å². The number of rotatable bonds is 7. The van der Waals surface area contributed by atoms with Crippen LogP contribution >= 0.6 is 11.8 Å².